The highest BCUT2D eigenvalue weighted by molar-refractivity contribution is 14.1. The van der Waals surface area contributed by atoms with Crippen LogP contribution in [-0.4, -0.2) is 17.1 Å². The maximum absolute atomic E-state index is 10.8. The Hall–Kier alpha value is -0.780. The molecule has 0 spiro atoms. The number of aliphatic carboxylic acids is 1. The van der Waals surface area contributed by atoms with Crippen LogP contribution in [0.3, 0.4) is 0 Å². The minimum Gasteiger partial charge on any atom is -0.480 e. The van der Waals surface area contributed by atoms with Gasteiger partial charge in [0.25, 0.3) is 0 Å². The number of carboxylic acids is 1. The monoisotopic (exact) mass is 303 g/mol. The van der Waals surface area contributed by atoms with Crippen molar-refractivity contribution in [1.82, 2.24) is 0 Å². The van der Waals surface area contributed by atoms with Crippen LogP contribution >= 0.6 is 22.6 Å². The topological polar surface area (TPSA) is 49.3 Å². The summed E-state index contributed by atoms with van der Waals surface area (Å²) in [7, 11) is 0. The number of hydrogen-bond donors (Lipinski definition) is 2. The largest absolute Gasteiger partial charge is 0.480 e. The lowest BCUT2D eigenvalue weighted by molar-refractivity contribution is -0.138. The van der Waals surface area contributed by atoms with Gasteiger partial charge in [-0.3, -0.25) is 0 Å². The summed E-state index contributed by atoms with van der Waals surface area (Å²) in [5.74, 6) is -0.769. The van der Waals surface area contributed by atoms with Crippen molar-refractivity contribution >= 4 is 34.2 Å². The van der Waals surface area contributed by atoms with E-state index in [9.17, 15) is 4.79 Å². The molecule has 0 saturated carbocycles. The number of fused-ring (bicyclic) bond motifs is 1. The first-order valence-electron chi connectivity index (χ1n) is 4.44. The number of benzene rings is 1. The van der Waals surface area contributed by atoms with E-state index in [0.29, 0.717) is 6.42 Å². The maximum atomic E-state index is 10.8. The van der Waals surface area contributed by atoms with E-state index in [1.807, 2.05) is 12.1 Å². The number of aryl methyl sites for hydroxylation is 1. The number of carboxylic acid groups (broad SMARTS) is 1. The van der Waals surface area contributed by atoms with Gasteiger partial charge in [0.05, 0.1) is 0 Å². The Morgan fingerprint density at radius 1 is 1.57 bits per heavy atom. The quantitative estimate of drug-likeness (QED) is 0.781. The van der Waals surface area contributed by atoms with E-state index in [-0.39, 0.29) is 0 Å². The molecule has 1 aromatic rings. The fourth-order valence-electron chi connectivity index (χ4n) is 1.65. The van der Waals surface area contributed by atoms with Crippen molar-refractivity contribution in [2.24, 2.45) is 0 Å². The van der Waals surface area contributed by atoms with Crippen molar-refractivity contribution in [3.63, 3.8) is 0 Å². The predicted molar refractivity (Wildman–Crippen MR) is 62.5 cm³/mol. The van der Waals surface area contributed by atoms with Crippen LogP contribution in [0.4, 0.5) is 5.69 Å². The van der Waals surface area contributed by atoms with Crippen molar-refractivity contribution in [2.45, 2.75) is 18.9 Å². The SMILES string of the molecule is O=C(O)[C@@H]1CCc2ccc(I)cc2N1. The molecule has 1 heterocycles. The van der Waals surface area contributed by atoms with E-state index in [4.69, 9.17) is 5.11 Å². The Bertz CT molecular complexity index is 378. The van der Waals surface area contributed by atoms with Crippen molar-refractivity contribution < 1.29 is 9.90 Å². The first-order chi connectivity index (χ1) is 6.66. The van der Waals surface area contributed by atoms with Crippen LogP contribution in [0.1, 0.15) is 12.0 Å². The zero-order valence-electron chi connectivity index (χ0n) is 7.46. The van der Waals surface area contributed by atoms with Crippen LogP contribution in [-0.2, 0) is 11.2 Å². The first kappa shape index (κ1) is 9.76. The average molecular weight is 303 g/mol. The molecule has 0 aromatic heterocycles. The second kappa shape index (κ2) is 3.76. The van der Waals surface area contributed by atoms with E-state index in [1.54, 1.807) is 0 Å². The summed E-state index contributed by atoms with van der Waals surface area (Å²) in [6.45, 7) is 0. The number of nitrogens with one attached hydrogen (secondary N) is 1. The average Bonchev–Trinajstić information content (AvgIpc) is 2.16. The molecule has 0 radical (unpaired) electrons. The number of halogens is 1. The van der Waals surface area contributed by atoms with Crippen LogP contribution in [0.25, 0.3) is 0 Å². The van der Waals surface area contributed by atoms with Crippen molar-refractivity contribution in [3.8, 4) is 0 Å². The summed E-state index contributed by atoms with van der Waals surface area (Å²) in [6, 6.07) is 5.66. The van der Waals surface area contributed by atoms with Gasteiger partial charge in [-0.1, -0.05) is 6.07 Å². The minimum absolute atomic E-state index is 0.430. The summed E-state index contributed by atoms with van der Waals surface area (Å²) >= 11 is 2.22. The number of hydrogen-bond acceptors (Lipinski definition) is 2. The van der Waals surface area contributed by atoms with E-state index in [1.165, 1.54) is 5.56 Å². The highest BCUT2D eigenvalue weighted by Gasteiger charge is 2.22. The van der Waals surface area contributed by atoms with E-state index >= 15 is 0 Å². The Balaban J connectivity index is 2.29. The molecule has 0 saturated heterocycles. The molecule has 0 aliphatic carbocycles. The van der Waals surface area contributed by atoms with Gasteiger partial charge in [0.1, 0.15) is 6.04 Å². The molecule has 0 unspecified atom stereocenters. The van der Waals surface area contributed by atoms with Crippen molar-refractivity contribution in [3.05, 3.63) is 27.3 Å². The highest BCUT2D eigenvalue weighted by Crippen LogP contribution is 2.26. The predicted octanol–water partition coefficient (Wildman–Crippen LogP) is 2.10. The van der Waals surface area contributed by atoms with Gasteiger partial charge in [-0.15, -0.1) is 0 Å². The Labute approximate surface area is 95.7 Å². The molecule has 14 heavy (non-hydrogen) atoms. The van der Waals surface area contributed by atoms with E-state index in [2.05, 4.69) is 34.0 Å². The molecule has 1 aliphatic heterocycles. The number of rotatable bonds is 1. The molecule has 3 nitrogen and oxygen atoms in total. The van der Waals surface area contributed by atoms with E-state index in [0.717, 1.165) is 15.7 Å². The lowest BCUT2D eigenvalue weighted by Gasteiger charge is -2.24. The zero-order chi connectivity index (χ0) is 10.1. The minimum atomic E-state index is -0.769. The summed E-state index contributed by atoms with van der Waals surface area (Å²) < 4.78 is 1.12. The van der Waals surface area contributed by atoms with Crippen molar-refractivity contribution in [2.75, 3.05) is 5.32 Å². The molecule has 0 fully saturated rings. The smallest absolute Gasteiger partial charge is 0.326 e. The lowest BCUT2D eigenvalue weighted by Crippen LogP contribution is -2.33. The third-order valence-electron chi connectivity index (χ3n) is 2.40. The molecule has 0 amide bonds. The van der Waals surface area contributed by atoms with Crippen LogP contribution in [0.2, 0.25) is 0 Å². The van der Waals surface area contributed by atoms with Gasteiger partial charge in [-0.2, -0.15) is 0 Å². The third kappa shape index (κ3) is 1.84. The van der Waals surface area contributed by atoms with Crippen molar-refractivity contribution in [1.29, 1.82) is 0 Å². The van der Waals surface area contributed by atoms with Gasteiger partial charge in [0, 0.05) is 9.26 Å². The fourth-order valence-corrected chi connectivity index (χ4v) is 2.14. The molecular weight excluding hydrogens is 293 g/mol. The highest BCUT2D eigenvalue weighted by atomic mass is 127. The number of anilines is 1. The lowest BCUT2D eigenvalue weighted by atomic mass is 9.98. The van der Waals surface area contributed by atoms with Gasteiger partial charge in [0.15, 0.2) is 0 Å². The molecule has 1 aromatic carbocycles. The standard InChI is InChI=1S/C10H10INO2/c11-7-3-1-6-2-4-8(10(13)14)12-9(6)5-7/h1,3,5,8,12H,2,4H2,(H,13,14)/t8-/m0/s1. The maximum Gasteiger partial charge on any atom is 0.326 e. The van der Waals surface area contributed by atoms with E-state index < -0.39 is 12.0 Å². The first-order valence-corrected chi connectivity index (χ1v) is 5.52. The molecule has 2 rings (SSSR count). The summed E-state index contributed by atoms with van der Waals surface area (Å²) in [4.78, 5) is 10.8. The molecule has 0 bridgehead atoms. The van der Waals surface area contributed by atoms with Gasteiger partial charge in [-0.25, -0.2) is 4.79 Å². The molecule has 1 aliphatic rings. The van der Waals surface area contributed by atoms with Gasteiger partial charge < -0.3 is 10.4 Å². The summed E-state index contributed by atoms with van der Waals surface area (Å²) in [5.41, 5.74) is 2.18. The molecular formula is C10H10INO2. The van der Waals surface area contributed by atoms with Gasteiger partial charge >= 0.3 is 5.97 Å². The normalized spacial score (nSPS) is 19.6. The van der Waals surface area contributed by atoms with Gasteiger partial charge in [-0.05, 0) is 53.1 Å². The molecule has 1 atom stereocenters. The molecule has 74 valence electrons. The second-order valence-corrected chi connectivity index (χ2v) is 4.62. The van der Waals surface area contributed by atoms with Gasteiger partial charge in [0.2, 0.25) is 0 Å². The second-order valence-electron chi connectivity index (χ2n) is 3.38. The Morgan fingerprint density at radius 3 is 3.07 bits per heavy atom. The molecule has 4 heteroatoms. The van der Waals surface area contributed by atoms with Crippen LogP contribution in [0, 0.1) is 3.57 Å². The fraction of sp³-hybridized carbons (Fsp3) is 0.300. The van der Waals surface area contributed by atoms with Crippen LogP contribution in [0.15, 0.2) is 18.2 Å². The summed E-state index contributed by atoms with van der Waals surface area (Å²) in [6.07, 6.45) is 1.51. The van der Waals surface area contributed by atoms with Crippen LogP contribution in [0.5, 0.6) is 0 Å². The zero-order valence-corrected chi connectivity index (χ0v) is 9.61. The molecule has 2 N–H and O–H groups in total. The number of carbonyl (C=O) groups is 1. The van der Waals surface area contributed by atoms with Crippen LogP contribution < -0.4 is 5.32 Å². The Kier molecular flexibility index (Phi) is 2.62. The Morgan fingerprint density at radius 2 is 2.36 bits per heavy atom. The summed E-state index contributed by atoms with van der Waals surface area (Å²) in [5, 5.41) is 11.9. The third-order valence-corrected chi connectivity index (χ3v) is 3.07.